The van der Waals surface area contributed by atoms with Gasteiger partial charge in [-0.05, 0) is 36.1 Å². The molecule has 0 saturated carbocycles. The number of ether oxygens (including phenoxy) is 6. The molecule has 2 N–H and O–H groups in total. The van der Waals surface area contributed by atoms with Crippen molar-refractivity contribution in [3.8, 4) is 0 Å². The van der Waals surface area contributed by atoms with Crippen LogP contribution >= 0.6 is 0 Å². The van der Waals surface area contributed by atoms with Crippen LogP contribution in [0.25, 0.3) is 0 Å². The zero-order valence-corrected chi connectivity index (χ0v) is 25.6. The molecule has 0 bridgehead atoms. The Morgan fingerprint density at radius 1 is 0.651 bits per heavy atom. The van der Waals surface area contributed by atoms with E-state index in [1.165, 1.54) is 19.3 Å². The number of unbranched alkanes of at least 4 members (excludes halogenated alkanes) is 5. The third kappa shape index (κ3) is 11.4. The van der Waals surface area contributed by atoms with Gasteiger partial charge in [-0.3, -0.25) is 0 Å². The van der Waals surface area contributed by atoms with Crippen molar-refractivity contribution in [2.45, 2.75) is 89.1 Å². The molecule has 1 unspecified atom stereocenters. The van der Waals surface area contributed by atoms with Gasteiger partial charge in [-0.15, -0.1) is 0 Å². The Labute approximate surface area is 257 Å². The molecular formula is C36H49NO6. The Bertz CT molecular complexity index is 1100. The van der Waals surface area contributed by atoms with Crippen molar-refractivity contribution in [3.63, 3.8) is 0 Å². The van der Waals surface area contributed by atoms with Crippen molar-refractivity contribution < 1.29 is 28.4 Å². The van der Waals surface area contributed by atoms with E-state index < -0.39 is 30.7 Å². The average molecular weight is 592 g/mol. The smallest absolute Gasteiger partial charge is 0.186 e. The standard InChI is InChI=1S/C36H49NO6/c1-38-36-35(40-24-16-5-3-2-4-15-23-37)34(42-27-31-21-13-8-14-22-31)33(43-36)32(41-26-30-19-11-7-12-20-30)28-39-25-29-17-9-6-10-18-29/h6-14,17-22,32-36H,2-5,15-16,23-28,37H2,1H3/t32-,33-,34+,35-,36?/m1/s1. The van der Waals surface area contributed by atoms with Crippen LogP contribution in [0.2, 0.25) is 0 Å². The highest BCUT2D eigenvalue weighted by Crippen LogP contribution is 2.32. The Morgan fingerprint density at radius 2 is 1.21 bits per heavy atom. The highest BCUT2D eigenvalue weighted by atomic mass is 16.7. The summed E-state index contributed by atoms with van der Waals surface area (Å²) in [7, 11) is 1.65. The summed E-state index contributed by atoms with van der Waals surface area (Å²) < 4.78 is 38.1. The number of rotatable bonds is 21. The lowest BCUT2D eigenvalue weighted by Gasteiger charge is -2.29. The van der Waals surface area contributed by atoms with E-state index in [1.807, 2.05) is 54.6 Å². The van der Waals surface area contributed by atoms with Gasteiger partial charge in [0.05, 0.1) is 26.4 Å². The maximum absolute atomic E-state index is 6.59. The van der Waals surface area contributed by atoms with E-state index in [4.69, 9.17) is 34.2 Å². The summed E-state index contributed by atoms with van der Waals surface area (Å²) in [6.45, 7) is 3.06. The average Bonchev–Trinajstić information content (AvgIpc) is 3.41. The largest absolute Gasteiger partial charge is 0.374 e. The summed E-state index contributed by atoms with van der Waals surface area (Å²) in [6, 6.07) is 30.5. The van der Waals surface area contributed by atoms with Crippen LogP contribution in [0.5, 0.6) is 0 Å². The second-order valence-corrected chi connectivity index (χ2v) is 11.0. The molecule has 5 atom stereocenters. The van der Waals surface area contributed by atoms with E-state index in [2.05, 4.69) is 36.4 Å². The van der Waals surface area contributed by atoms with E-state index >= 15 is 0 Å². The fraction of sp³-hybridized carbons (Fsp3) is 0.500. The first-order chi connectivity index (χ1) is 21.3. The third-order valence-electron chi connectivity index (χ3n) is 7.70. The van der Waals surface area contributed by atoms with Crippen LogP contribution in [0.4, 0.5) is 0 Å². The molecule has 3 aromatic carbocycles. The van der Waals surface area contributed by atoms with Crippen LogP contribution in [-0.4, -0.2) is 57.6 Å². The Morgan fingerprint density at radius 3 is 1.81 bits per heavy atom. The molecule has 1 fully saturated rings. The zero-order valence-electron chi connectivity index (χ0n) is 25.6. The number of methoxy groups -OCH3 is 1. The second-order valence-electron chi connectivity index (χ2n) is 11.0. The molecule has 0 aliphatic carbocycles. The third-order valence-corrected chi connectivity index (χ3v) is 7.70. The highest BCUT2D eigenvalue weighted by Gasteiger charge is 2.50. The summed E-state index contributed by atoms with van der Waals surface area (Å²) in [4.78, 5) is 0. The lowest BCUT2D eigenvalue weighted by molar-refractivity contribution is -0.185. The number of benzene rings is 3. The fourth-order valence-corrected chi connectivity index (χ4v) is 5.33. The number of nitrogens with two attached hydrogens (primary N) is 1. The molecule has 7 nitrogen and oxygen atoms in total. The van der Waals surface area contributed by atoms with Gasteiger partial charge in [0.15, 0.2) is 6.29 Å². The molecule has 234 valence electrons. The molecule has 0 aromatic heterocycles. The van der Waals surface area contributed by atoms with E-state index in [9.17, 15) is 0 Å². The topological polar surface area (TPSA) is 81.4 Å². The van der Waals surface area contributed by atoms with Crippen molar-refractivity contribution in [1.82, 2.24) is 0 Å². The van der Waals surface area contributed by atoms with Gasteiger partial charge in [-0.2, -0.15) is 0 Å². The lowest BCUT2D eigenvalue weighted by Crippen LogP contribution is -2.45. The summed E-state index contributed by atoms with van der Waals surface area (Å²) in [5, 5.41) is 0. The summed E-state index contributed by atoms with van der Waals surface area (Å²) in [6.07, 6.45) is 4.53. The minimum atomic E-state index is -0.577. The molecule has 1 saturated heterocycles. The summed E-state index contributed by atoms with van der Waals surface area (Å²) in [5.74, 6) is 0. The Balaban J connectivity index is 1.45. The van der Waals surface area contributed by atoms with Crippen molar-refractivity contribution in [1.29, 1.82) is 0 Å². The van der Waals surface area contributed by atoms with Crippen LogP contribution in [0, 0.1) is 0 Å². The normalized spacial score (nSPS) is 20.8. The van der Waals surface area contributed by atoms with Gasteiger partial charge in [-0.25, -0.2) is 0 Å². The van der Waals surface area contributed by atoms with Gasteiger partial charge in [0.1, 0.15) is 24.4 Å². The van der Waals surface area contributed by atoms with Crippen LogP contribution in [0.1, 0.15) is 55.2 Å². The maximum atomic E-state index is 6.59. The summed E-state index contributed by atoms with van der Waals surface area (Å²) in [5.41, 5.74) is 8.89. The first kappa shape index (κ1) is 33.3. The van der Waals surface area contributed by atoms with Crippen LogP contribution in [0.15, 0.2) is 91.0 Å². The summed E-state index contributed by atoms with van der Waals surface area (Å²) >= 11 is 0. The quantitative estimate of drug-likeness (QED) is 0.143. The molecule has 4 rings (SSSR count). The molecule has 0 radical (unpaired) electrons. The van der Waals surface area contributed by atoms with Gasteiger partial charge in [0, 0.05) is 13.7 Å². The van der Waals surface area contributed by atoms with Gasteiger partial charge in [0.25, 0.3) is 0 Å². The molecule has 43 heavy (non-hydrogen) atoms. The molecule has 0 spiro atoms. The van der Waals surface area contributed by atoms with E-state index in [0.29, 0.717) is 33.0 Å². The van der Waals surface area contributed by atoms with E-state index in [-0.39, 0.29) is 0 Å². The molecule has 0 amide bonds. The highest BCUT2D eigenvalue weighted by molar-refractivity contribution is 5.15. The molecule has 1 aliphatic rings. The molecule has 1 aliphatic heterocycles. The van der Waals surface area contributed by atoms with Crippen LogP contribution < -0.4 is 5.73 Å². The Hall–Kier alpha value is -2.62. The van der Waals surface area contributed by atoms with E-state index in [1.54, 1.807) is 7.11 Å². The fourth-order valence-electron chi connectivity index (χ4n) is 5.33. The second kappa shape index (κ2) is 19.6. The van der Waals surface area contributed by atoms with Gasteiger partial charge >= 0.3 is 0 Å². The lowest BCUT2D eigenvalue weighted by atomic mass is 10.0. The predicted molar refractivity (Wildman–Crippen MR) is 168 cm³/mol. The first-order valence-corrected chi connectivity index (χ1v) is 15.7. The first-order valence-electron chi connectivity index (χ1n) is 15.7. The SMILES string of the molecule is COC1O[C@H]([C@@H](COCc2ccccc2)OCc2ccccc2)[C@H](OCc2ccccc2)[C@H]1OCCCCCCCCN. The van der Waals surface area contributed by atoms with Gasteiger partial charge < -0.3 is 34.2 Å². The van der Waals surface area contributed by atoms with Crippen molar-refractivity contribution in [3.05, 3.63) is 108 Å². The van der Waals surface area contributed by atoms with Crippen molar-refractivity contribution >= 4 is 0 Å². The van der Waals surface area contributed by atoms with Crippen LogP contribution in [0.3, 0.4) is 0 Å². The molecule has 7 heteroatoms. The molecular weight excluding hydrogens is 542 g/mol. The predicted octanol–water partition coefficient (Wildman–Crippen LogP) is 6.43. The zero-order chi connectivity index (χ0) is 30.0. The van der Waals surface area contributed by atoms with Gasteiger partial charge in [-0.1, -0.05) is 117 Å². The van der Waals surface area contributed by atoms with Crippen molar-refractivity contribution in [2.24, 2.45) is 5.73 Å². The monoisotopic (exact) mass is 591 g/mol. The maximum Gasteiger partial charge on any atom is 0.186 e. The minimum Gasteiger partial charge on any atom is -0.374 e. The van der Waals surface area contributed by atoms with Gasteiger partial charge in [0.2, 0.25) is 0 Å². The molecule has 1 heterocycles. The van der Waals surface area contributed by atoms with Crippen molar-refractivity contribution in [2.75, 3.05) is 26.9 Å². The van der Waals surface area contributed by atoms with Crippen LogP contribution in [-0.2, 0) is 48.2 Å². The Kier molecular flexibility index (Phi) is 15.2. The number of hydrogen-bond donors (Lipinski definition) is 1. The van der Waals surface area contributed by atoms with E-state index in [0.717, 1.165) is 42.5 Å². The minimum absolute atomic E-state index is 0.337. The number of hydrogen-bond acceptors (Lipinski definition) is 7. The molecule has 3 aromatic rings.